The molecule has 1 aromatic heterocycles. The number of carbonyl (C=O) groups excluding carboxylic acids is 1. The quantitative estimate of drug-likeness (QED) is 0.905. The fraction of sp³-hybridized carbons (Fsp3) is 0.267. The third kappa shape index (κ3) is 3.47. The van der Waals surface area contributed by atoms with Gasteiger partial charge in [0.1, 0.15) is 6.54 Å². The lowest BCUT2D eigenvalue weighted by Crippen LogP contribution is -2.43. The molecule has 2 rings (SSSR count). The average Bonchev–Trinajstić information content (AvgIpc) is 2.44. The number of rotatable bonds is 4. The molecule has 0 spiro atoms. The molecule has 2 aromatic rings. The van der Waals surface area contributed by atoms with E-state index in [1.807, 2.05) is 24.3 Å². The van der Waals surface area contributed by atoms with E-state index < -0.39 is 12.0 Å². The van der Waals surface area contributed by atoms with Gasteiger partial charge < -0.3 is 15.3 Å². The highest BCUT2D eigenvalue weighted by molar-refractivity contribution is 6.00. The summed E-state index contributed by atoms with van der Waals surface area (Å²) in [6, 6.07) is 8.50. The molecule has 2 amide bonds. The number of carboxylic acids is 1. The van der Waals surface area contributed by atoms with Gasteiger partial charge in [0.2, 0.25) is 0 Å². The van der Waals surface area contributed by atoms with Crippen LogP contribution in [0.2, 0.25) is 0 Å². The molecule has 0 atom stereocenters. The molecule has 0 saturated carbocycles. The van der Waals surface area contributed by atoms with E-state index in [-0.39, 0.29) is 12.6 Å². The fourth-order valence-corrected chi connectivity index (χ4v) is 2.03. The van der Waals surface area contributed by atoms with Crippen LogP contribution in [0.25, 0.3) is 10.9 Å². The number of nitrogens with one attached hydrogen (secondary N) is 1. The smallest absolute Gasteiger partial charge is 0.323 e. The van der Waals surface area contributed by atoms with Crippen LogP contribution in [0, 0.1) is 0 Å². The summed E-state index contributed by atoms with van der Waals surface area (Å²) in [5.74, 6) is -1.05. The monoisotopic (exact) mass is 287 g/mol. The average molecular weight is 287 g/mol. The molecule has 1 aromatic carbocycles. The van der Waals surface area contributed by atoms with Crippen molar-refractivity contribution in [3.63, 3.8) is 0 Å². The lowest BCUT2D eigenvalue weighted by molar-refractivity contribution is -0.137. The van der Waals surface area contributed by atoms with E-state index in [0.29, 0.717) is 11.2 Å². The van der Waals surface area contributed by atoms with Crippen LogP contribution in [0.5, 0.6) is 0 Å². The third-order valence-corrected chi connectivity index (χ3v) is 3.06. The number of aromatic nitrogens is 1. The number of pyridine rings is 1. The zero-order valence-corrected chi connectivity index (χ0v) is 11.9. The Kier molecular flexibility index (Phi) is 4.37. The summed E-state index contributed by atoms with van der Waals surface area (Å²) in [6.07, 6.45) is 1.65. The van der Waals surface area contributed by atoms with E-state index in [1.165, 1.54) is 4.90 Å². The van der Waals surface area contributed by atoms with Crippen molar-refractivity contribution in [2.75, 3.05) is 11.9 Å². The van der Waals surface area contributed by atoms with Crippen LogP contribution in [-0.2, 0) is 4.79 Å². The first-order valence-electron chi connectivity index (χ1n) is 6.62. The van der Waals surface area contributed by atoms with Crippen LogP contribution in [0.3, 0.4) is 0 Å². The van der Waals surface area contributed by atoms with Crippen molar-refractivity contribution >= 4 is 28.6 Å². The number of carboxylic acid groups (broad SMARTS) is 1. The highest BCUT2D eigenvalue weighted by Crippen LogP contribution is 2.21. The van der Waals surface area contributed by atoms with E-state index in [2.05, 4.69) is 10.3 Å². The van der Waals surface area contributed by atoms with Crippen LogP contribution >= 0.6 is 0 Å². The molecule has 0 radical (unpaired) electrons. The van der Waals surface area contributed by atoms with Crippen LogP contribution in [0.1, 0.15) is 13.8 Å². The Morgan fingerprint density at radius 3 is 2.67 bits per heavy atom. The van der Waals surface area contributed by atoms with Gasteiger partial charge in [-0.15, -0.1) is 0 Å². The second kappa shape index (κ2) is 6.21. The Balaban J connectivity index is 2.26. The molecule has 0 fully saturated rings. The van der Waals surface area contributed by atoms with E-state index in [0.717, 1.165) is 5.39 Å². The molecule has 110 valence electrons. The topological polar surface area (TPSA) is 82.5 Å². The lowest BCUT2D eigenvalue weighted by Gasteiger charge is -2.25. The predicted octanol–water partition coefficient (Wildman–Crippen LogP) is 2.56. The summed E-state index contributed by atoms with van der Waals surface area (Å²) in [6.45, 7) is 3.19. The van der Waals surface area contributed by atoms with Gasteiger partial charge in [-0.2, -0.15) is 0 Å². The zero-order valence-electron chi connectivity index (χ0n) is 11.9. The molecule has 21 heavy (non-hydrogen) atoms. The Morgan fingerprint density at radius 2 is 2.00 bits per heavy atom. The van der Waals surface area contributed by atoms with Gasteiger partial charge in [0, 0.05) is 17.6 Å². The number of benzene rings is 1. The molecular formula is C15H17N3O3. The predicted molar refractivity (Wildman–Crippen MR) is 80.2 cm³/mol. The molecule has 0 aliphatic heterocycles. The number of hydrogen-bond donors (Lipinski definition) is 2. The van der Waals surface area contributed by atoms with Gasteiger partial charge >= 0.3 is 12.0 Å². The molecule has 2 N–H and O–H groups in total. The van der Waals surface area contributed by atoms with Gasteiger partial charge in [-0.05, 0) is 26.0 Å². The first-order chi connectivity index (χ1) is 9.99. The first kappa shape index (κ1) is 14.8. The van der Waals surface area contributed by atoms with E-state index in [9.17, 15) is 9.59 Å². The van der Waals surface area contributed by atoms with Gasteiger partial charge in [-0.3, -0.25) is 9.78 Å². The standard InChI is InChI=1S/C15H17N3O3/c1-10(2)18(9-13(19)20)15(21)17-12-7-3-5-11-6-4-8-16-14(11)12/h3-8,10H,9H2,1-2H3,(H,17,21)(H,19,20). The summed E-state index contributed by atoms with van der Waals surface area (Å²) in [5, 5.41) is 12.5. The number of anilines is 1. The van der Waals surface area contributed by atoms with E-state index in [4.69, 9.17) is 5.11 Å². The van der Waals surface area contributed by atoms with Crippen molar-refractivity contribution in [1.29, 1.82) is 0 Å². The Morgan fingerprint density at radius 1 is 1.29 bits per heavy atom. The van der Waals surface area contributed by atoms with Gasteiger partial charge in [0.05, 0.1) is 11.2 Å². The molecule has 6 heteroatoms. The summed E-state index contributed by atoms with van der Waals surface area (Å²) >= 11 is 0. The minimum absolute atomic E-state index is 0.218. The van der Waals surface area contributed by atoms with Gasteiger partial charge in [0.15, 0.2) is 0 Å². The van der Waals surface area contributed by atoms with Gasteiger partial charge in [0.25, 0.3) is 0 Å². The van der Waals surface area contributed by atoms with Crippen molar-refractivity contribution in [1.82, 2.24) is 9.88 Å². The van der Waals surface area contributed by atoms with Crippen LogP contribution in [-0.4, -0.2) is 39.6 Å². The Bertz CT molecular complexity index is 665. The molecule has 0 aliphatic carbocycles. The number of urea groups is 1. The van der Waals surface area contributed by atoms with Crippen molar-refractivity contribution in [3.05, 3.63) is 36.5 Å². The molecule has 0 aliphatic rings. The minimum Gasteiger partial charge on any atom is -0.480 e. The number of fused-ring (bicyclic) bond motifs is 1. The number of aliphatic carboxylic acids is 1. The Hall–Kier alpha value is -2.63. The van der Waals surface area contributed by atoms with Crippen molar-refractivity contribution in [2.24, 2.45) is 0 Å². The lowest BCUT2D eigenvalue weighted by atomic mass is 10.2. The van der Waals surface area contributed by atoms with Crippen LogP contribution < -0.4 is 5.32 Å². The maximum atomic E-state index is 12.3. The second-order valence-corrected chi connectivity index (χ2v) is 4.93. The normalized spacial score (nSPS) is 10.6. The molecule has 6 nitrogen and oxygen atoms in total. The SMILES string of the molecule is CC(C)N(CC(=O)O)C(=O)Nc1cccc2cccnc12. The van der Waals surface area contributed by atoms with Crippen molar-refractivity contribution in [3.8, 4) is 0 Å². The van der Waals surface area contributed by atoms with E-state index in [1.54, 1.807) is 26.1 Å². The maximum Gasteiger partial charge on any atom is 0.323 e. The van der Waals surface area contributed by atoms with Crippen molar-refractivity contribution in [2.45, 2.75) is 19.9 Å². The zero-order chi connectivity index (χ0) is 15.4. The fourth-order valence-electron chi connectivity index (χ4n) is 2.03. The third-order valence-electron chi connectivity index (χ3n) is 3.06. The molecule has 0 bridgehead atoms. The summed E-state index contributed by atoms with van der Waals surface area (Å²) in [5.41, 5.74) is 1.24. The number of nitrogens with zero attached hydrogens (tertiary/aromatic N) is 2. The summed E-state index contributed by atoms with van der Waals surface area (Å²) in [4.78, 5) is 28.6. The largest absolute Gasteiger partial charge is 0.480 e. The first-order valence-corrected chi connectivity index (χ1v) is 6.62. The minimum atomic E-state index is -1.05. The highest BCUT2D eigenvalue weighted by Gasteiger charge is 2.20. The van der Waals surface area contributed by atoms with Gasteiger partial charge in [-0.1, -0.05) is 18.2 Å². The second-order valence-electron chi connectivity index (χ2n) is 4.93. The summed E-state index contributed by atoms with van der Waals surface area (Å²) < 4.78 is 0. The van der Waals surface area contributed by atoms with Crippen LogP contribution in [0.4, 0.5) is 10.5 Å². The molecule has 0 saturated heterocycles. The number of amides is 2. The number of hydrogen-bond acceptors (Lipinski definition) is 3. The summed E-state index contributed by atoms with van der Waals surface area (Å²) in [7, 11) is 0. The van der Waals surface area contributed by atoms with Crippen molar-refractivity contribution < 1.29 is 14.7 Å². The Labute approximate surface area is 122 Å². The number of para-hydroxylation sites is 1. The molecular weight excluding hydrogens is 270 g/mol. The highest BCUT2D eigenvalue weighted by atomic mass is 16.4. The van der Waals surface area contributed by atoms with Gasteiger partial charge in [-0.25, -0.2) is 4.79 Å². The molecule has 0 unspecified atom stereocenters. The van der Waals surface area contributed by atoms with E-state index >= 15 is 0 Å². The van der Waals surface area contributed by atoms with Crippen LogP contribution in [0.15, 0.2) is 36.5 Å². The maximum absolute atomic E-state index is 12.3. The molecule has 1 heterocycles. The number of carbonyl (C=O) groups is 2.